The van der Waals surface area contributed by atoms with Gasteiger partial charge in [-0.15, -0.1) is 5.10 Å². The number of benzene rings is 1. The third kappa shape index (κ3) is 3.26. The number of aryl methyl sites for hydroxylation is 2. The minimum absolute atomic E-state index is 0.311. The molecule has 0 unspecified atom stereocenters. The zero-order valence-electron chi connectivity index (χ0n) is 15.5. The van der Waals surface area contributed by atoms with Crippen molar-refractivity contribution in [2.24, 2.45) is 14.1 Å². The van der Waals surface area contributed by atoms with Crippen LogP contribution in [0.1, 0.15) is 6.42 Å². The summed E-state index contributed by atoms with van der Waals surface area (Å²) in [5.41, 5.74) is 1.11. The number of rotatable bonds is 6. The van der Waals surface area contributed by atoms with Gasteiger partial charge in [0.15, 0.2) is 11.2 Å². The summed E-state index contributed by atoms with van der Waals surface area (Å²) >= 11 is 1.49. The van der Waals surface area contributed by atoms with Crippen LogP contribution in [0.3, 0.4) is 0 Å². The van der Waals surface area contributed by atoms with Crippen molar-refractivity contribution in [3.63, 3.8) is 0 Å². The van der Waals surface area contributed by atoms with Crippen LogP contribution in [0.5, 0.6) is 0 Å². The standard InChI is InChI=1S/C18H19N7O2S/c1-22-11-19-15-14(22)16(26)24(18(27)23(15)2)9-6-10-28-17-20-12-25(21-17)13-7-4-3-5-8-13/h3-5,7-8,11-12H,6,9-10H2,1-2H3. The summed E-state index contributed by atoms with van der Waals surface area (Å²) < 4.78 is 6.04. The first-order valence-electron chi connectivity index (χ1n) is 8.77. The normalized spacial score (nSPS) is 11.4. The van der Waals surface area contributed by atoms with E-state index >= 15 is 0 Å². The van der Waals surface area contributed by atoms with E-state index in [0.717, 1.165) is 5.69 Å². The van der Waals surface area contributed by atoms with Gasteiger partial charge in [-0.3, -0.25) is 13.9 Å². The topological polar surface area (TPSA) is 92.5 Å². The Morgan fingerprint density at radius 2 is 1.82 bits per heavy atom. The minimum Gasteiger partial charge on any atom is -0.328 e. The number of hydrogen-bond acceptors (Lipinski definition) is 6. The number of fused-ring (bicyclic) bond motifs is 1. The highest BCUT2D eigenvalue weighted by atomic mass is 32.2. The van der Waals surface area contributed by atoms with Crippen LogP contribution in [-0.2, 0) is 20.6 Å². The molecule has 0 bridgehead atoms. The minimum atomic E-state index is -0.354. The number of thioether (sulfide) groups is 1. The molecule has 4 aromatic rings. The fourth-order valence-electron chi connectivity index (χ4n) is 3.00. The molecule has 4 rings (SSSR count). The number of hydrogen-bond donors (Lipinski definition) is 0. The summed E-state index contributed by atoms with van der Waals surface area (Å²) in [6.45, 7) is 0.332. The lowest BCUT2D eigenvalue weighted by Crippen LogP contribution is -2.39. The molecule has 3 aromatic heterocycles. The quantitative estimate of drug-likeness (QED) is 0.359. The molecule has 0 aliphatic carbocycles. The maximum Gasteiger partial charge on any atom is 0.332 e. The van der Waals surface area contributed by atoms with Gasteiger partial charge < -0.3 is 4.57 Å². The molecule has 0 radical (unpaired) electrons. The van der Waals surface area contributed by atoms with Gasteiger partial charge in [-0.2, -0.15) is 0 Å². The molecule has 0 aliphatic heterocycles. The third-order valence-electron chi connectivity index (χ3n) is 4.45. The highest BCUT2D eigenvalue weighted by molar-refractivity contribution is 7.99. The Labute approximate surface area is 164 Å². The van der Waals surface area contributed by atoms with E-state index in [2.05, 4.69) is 15.1 Å². The number of para-hydroxylation sites is 1. The highest BCUT2D eigenvalue weighted by Crippen LogP contribution is 2.15. The zero-order chi connectivity index (χ0) is 19.7. The van der Waals surface area contributed by atoms with E-state index in [1.54, 1.807) is 36.0 Å². The molecule has 3 heterocycles. The molecule has 0 N–H and O–H groups in total. The zero-order valence-corrected chi connectivity index (χ0v) is 16.3. The Hall–Kier alpha value is -3.14. The molecule has 9 nitrogen and oxygen atoms in total. The van der Waals surface area contributed by atoms with Crippen molar-refractivity contribution in [3.8, 4) is 5.69 Å². The Balaban J connectivity index is 1.44. The first-order valence-corrected chi connectivity index (χ1v) is 9.75. The maximum absolute atomic E-state index is 12.7. The monoisotopic (exact) mass is 397 g/mol. The van der Waals surface area contributed by atoms with E-state index in [0.29, 0.717) is 35.0 Å². The lowest BCUT2D eigenvalue weighted by atomic mass is 10.3. The molecule has 0 fully saturated rings. The molecular weight excluding hydrogens is 378 g/mol. The van der Waals surface area contributed by atoms with Crippen LogP contribution >= 0.6 is 11.8 Å². The number of imidazole rings is 1. The summed E-state index contributed by atoms with van der Waals surface area (Å²) in [5, 5.41) is 5.10. The van der Waals surface area contributed by atoms with Crippen molar-refractivity contribution in [2.45, 2.75) is 18.1 Å². The van der Waals surface area contributed by atoms with Gasteiger partial charge in [-0.1, -0.05) is 30.0 Å². The van der Waals surface area contributed by atoms with Crippen molar-refractivity contribution < 1.29 is 0 Å². The second kappa shape index (κ2) is 7.47. The summed E-state index contributed by atoms with van der Waals surface area (Å²) in [5.74, 6) is 0.692. The molecular formula is C18H19N7O2S. The average Bonchev–Trinajstić information content (AvgIpc) is 3.33. The molecule has 0 saturated heterocycles. The first kappa shape index (κ1) is 18.2. The van der Waals surface area contributed by atoms with Crippen LogP contribution in [0.25, 0.3) is 16.9 Å². The van der Waals surface area contributed by atoms with Crippen LogP contribution in [-0.4, -0.2) is 39.2 Å². The Kier molecular flexibility index (Phi) is 4.86. The largest absolute Gasteiger partial charge is 0.332 e. The molecule has 0 saturated carbocycles. The van der Waals surface area contributed by atoms with Gasteiger partial charge in [-0.05, 0) is 18.6 Å². The van der Waals surface area contributed by atoms with Crippen molar-refractivity contribution in [3.05, 3.63) is 63.8 Å². The molecule has 0 atom stereocenters. The van der Waals surface area contributed by atoms with Crippen molar-refractivity contribution in [2.75, 3.05) is 5.75 Å². The Morgan fingerprint density at radius 3 is 2.61 bits per heavy atom. The van der Waals surface area contributed by atoms with Crippen LogP contribution in [0.4, 0.5) is 0 Å². The maximum atomic E-state index is 12.7. The van der Waals surface area contributed by atoms with Crippen molar-refractivity contribution in [1.82, 2.24) is 33.4 Å². The van der Waals surface area contributed by atoms with Gasteiger partial charge in [0.1, 0.15) is 6.33 Å². The van der Waals surface area contributed by atoms with Crippen molar-refractivity contribution in [1.29, 1.82) is 0 Å². The highest BCUT2D eigenvalue weighted by Gasteiger charge is 2.14. The molecule has 10 heteroatoms. The molecule has 144 valence electrons. The number of aromatic nitrogens is 7. The van der Waals surface area contributed by atoms with Gasteiger partial charge in [0.2, 0.25) is 5.16 Å². The van der Waals surface area contributed by atoms with Gasteiger partial charge in [0.05, 0.1) is 12.0 Å². The first-order chi connectivity index (χ1) is 13.6. The van der Waals surface area contributed by atoms with E-state index in [-0.39, 0.29) is 11.2 Å². The van der Waals surface area contributed by atoms with E-state index in [1.807, 2.05) is 30.3 Å². The third-order valence-corrected chi connectivity index (χ3v) is 5.39. The smallest absolute Gasteiger partial charge is 0.328 e. The molecule has 0 amide bonds. The second-order valence-corrected chi connectivity index (χ2v) is 7.40. The molecule has 0 spiro atoms. The van der Waals surface area contributed by atoms with Gasteiger partial charge in [0, 0.05) is 26.4 Å². The Morgan fingerprint density at radius 1 is 1.04 bits per heavy atom. The van der Waals surface area contributed by atoms with Gasteiger partial charge in [-0.25, -0.2) is 19.4 Å². The van der Waals surface area contributed by atoms with Crippen LogP contribution < -0.4 is 11.2 Å². The summed E-state index contributed by atoms with van der Waals surface area (Å²) in [7, 11) is 3.37. The van der Waals surface area contributed by atoms with Crippen LogP contribution in [0.15, 0.2) is 57.7 Å². The number of nitrogens with zero attached hydrogens (tertiary/aromatic N) is 7. The van der Waals surface area contributed by atoms with Crippen LogP contribution in [0.2, 0.25) is 0 Å². The van der Waals surface area contributed by atoms with E-state index < -0.39 is 0 Å². The predicted molar refractivity (Wildman–Crippen MR) is 107 cm³/mol. The van der Waals surface area contributed by atoms with Gasteiger partial charge >= 0.3 is 5.69 Å². The molecule has 1 aromatic carbocycles. The van der Waals surface area contributed by atoms with E-state index in [1.165, 1.54) is 20.9 Å². The summed E-state index contributed by atoms with van der Waals surface area (Å²) in [4.78, 5) is 33.6. The van der Waals surface area contributed by atoms with Crippen molar-refractivity contribution >= 4 is 22.9 Å². The fraction of sp³-hybridized carbons (Fsp3) is 0.278. The predicted octanol–water partition coefficient (Wildman–Crippen LogP) is 1.20. The summed E-state index contributed by atoms with van der Waals surface area (Å²) in [6, 6.07) is 9.76. The second-order valence-electron chi connectivity index (χ2n) is 6.34. The lowest BCUT2D eigenvalue weighted by molar-refractivity contribution is 0.594. The molecule has 0 aliphatic rings. The Bertz CT molecular complexity index is 1240. The van der Waals surface area contributed by atoms with Crippen LogP contribution in [0, 0.1) is 0 Å². The average molecular weight is 397 g/mol. The summed E-state index contributed by atoms with van der Waals surface area (Å²) in [6.07, 6.45) is 3.86. The van der Waals surface area contributed by atoms with Gasteiger partial charge in [0.25, 0.3) is 5.56 Å². The molecule has 28 heavy (non-hydrogen) atoms. The van der Waals surface area contributed by atoms with E-state index in [9.17, 15) is 9.59 Å². The van der Waals surface area contributed by atoms with E-state index in [4.69, 9.17) is 0 Å². The fourth-order valence-corrected chi connectivity index (χ4v) is 3.72. The SMILES string of the molecule is Cn1cnc2c1c(=O)n(CCCSc1ncn(-c3ccccc3)n1)c(=O)n2C. The lowest BCUT2D eigenvalue weighted by Gasteiger charge is -2.08.